The molecule has 0 bridgehead atoms. The zero-order valence-corrected chi connectivity index (χ0v) is 19.6. The Kier molecular flexibility index (Phi) is 6.40. The van der Waals surface area contributed by atoms with Gasteiger partial charge in [0.25, 0.3) is 11.8 Å². The van der Waals surface area contributed by atoms with Crippen LogP contribution < -0.4 is 11.1 Å². The summed E-state index contributed by atoms with van der Waals surface area (Å²) in [4.78, 5) is 27.8. The van der Waals surface area contributed by atoms with Crippen LogP contribution in [-0.2, 0) is 19.4 Å². The van der Waals surface area contributed by atoms with Crippen molar-refractivity contribution in [3.63, 3.8) is 0 Å². The summed E-state index contributed by atoms with van der Waals surface area (Å²) in [5.74, 6) is -3.16. The molecule has 0 saturated carbocycles. The number of hydrogen-bond acceptors (Lipinski definition) is 5. The highest BCUT2D eigenvalue weighted by atomic mass is 35.5. The molecule has 37 heavy (non-hydrogen) atoms. The minimum absolute atomic E-state index is 0.0545. The van der Waals surface area contributed by atoms with Crippen LogP contribution in [-0.4, -0.2) is 26.6 Å². The molecule has 3 aromatic heterocycles. The van der Waals surface area contributed by atoms with Crippen LogP contribution in [0.4, 0.5) is 36.4 Å². The molecule has 0 unspecified atom stereocenters. The molecular formula is C21H11ClF7N5O2S. The second-order valence-corrected chi connectivity index (χ2v) is 8.87. The zero-order chi connectivity index (χ0) is 27.4. The van der Waals surface area contributed by atoms with E-state index >= 15 is 0 Å². The second-order valence-electron chi connectivity index (χ2n) is 7.50. The first-order valence-electron chi connectivity index (χ1n) is 9.81. The van der Waals surface area contributed by atoms with Crippen molar-refractivity contribution in [3.8, 4) is 11.1 Å². The van der Waals surface area contributed by atoms with Crippen LogP contribution >= 0.6 is 22.9 Å². The SMILES string of the molecule is Cn1nc(C(=O)Nc2c(C(N)=O)sc3nc(C(F)(F)F)cc(-c4ccc(F)cc4)c23)c(Cl)c1C(F)(F)F. The van der Waals surface area contributed by atoms with Crippen molar-refractivity contribution < 1.29 is 40.3 Å². The van der Waals surface area contributed by atoms with E-state index in [-0.39, 0.29) is 21.3 Å². The second kappa shape index (κ2) is 8.99. The molecule has 16 heteroatoms. The normalized spacial score (nSPS) is 12.2. The number of pyridine rings is 1. The number of halogens is 8. The van der Waals surface area contributed by atoms with Gasteiger partial charge in [-0.15, -0.1) is 11.3 Å². The Morgan fingerprint density at radius 2 is 1.70 bits per heavy atom. The lowest BCUT2D eigenvalue weighted by Crippen LogP contribution is -2.17. The van der Waals surface area contributed by atoms with Gasteiger partial charge < -0.3 is 11.1 Å². The van der Waals surface area contributed by atoms with Gasteiger partial charge in [-0.25, -0.2) is 9.37 Å². The largest absolute Gasteiger partial charge is 0.434 e. The van der Waals surface area contributed by atoms with Gasteiger partial charge in [-0.2, -0.15) is 31.4 Å². The van der Waals surface area contributed by atoms with Crippen molar-refractivity contribution in [2.45, 2.75) is 12.4 Å². The molecule has 0 radical (unpaired) electrons. The average molecular weight is 566 g/mol. The number of aryl methyl sites for hydroxylation is 1. The summed E-state index contributed by atoms with van der Waals surface area (Å²) in [6.45, 7) is 0. The van der Waals surface area contributed by atoms with Crippen molar-refractivity contribution in [1.29, 1.82) is 0 Å². The summed E-state index contributed by atoms with van der Waals surface area (Å²) in [7, 11) is 0.898. The van der Waals surface area contributed by atoms with E-state index in [9.17, 15) is 40.3 Å². The van der Waals surface area contributed by atoms with Gasteiger partial charge in [0.05, 0.1) is 5.69 Å². The smallest absolute Gasteiger partial charge is 0.365 e. The van der Waals surface area contributed by atoms with Crippen LogP contribution in [0.2, 0.25) is 5.02 Å². The number of aromatic nitrogens is 3. The lowest BCUT2D eigenvalue weighted by molar-refractivity contribution is -0.143. The Labute approximate surface area is 210 Å². The average Bonchev–Trinajstić information content (AvgIpc) is 3.29. The molecule has 1 aromatic carbocycles. The molecule has 2 amide bonds. The number of nitrogens with zero attached hydrogens (tertiary/aromatic N) is 3. The molecule has 0 saturated heterocycles. The number of primary amides is 1. The molecule has 0 fully saturated rings. The first-order chi connectivity index (χ1) is 17.1. The number of hydrogen-bond donors (Lipinski definition) is 2. The maximum Gasteiger partial charge on any atom is 0.434 e. The molecule has 3 N–H and O–H groups in total. The van der Waals surface area contributed by atoms with Crippen LogP contribution in [0.25, 0.3) is 21.3 Å². The van der Waals surface area contributed by atoms with Gasteiger partial charge in [0, 0.05) is 12.4 Å². The van der Waals surface area contributed by atoms with E-state index in [2.05, 4.69) is 15.4 Å². The van der Waals surface area contributed by atoms with Crippen LogP contribution in [0.5, 0.6) is 0 Å². The molecule has 0 aliphatic heterocycles. The highest BCUT2D eigenvalue weighted by Gasteiger charge is 2.40. The third-order valence-electron chi connectivity index (χ3n) is 5.04. The van der Waals surface area contributed by atoms with E-state index in [1.54, 1.807) is 0 Å². The van der Waals surface area contributed by atoms with Gasteiger partial charge in [0.15, 0.2) is 11.4 Å². The zero-order valence-electron chi connectivity index (χ0n) is 18.1. The van der Waals surface area contributed by atoms with Gasteiger partial charge >= 0.3 is 12.4 Å². The van der Waals surface area contributed by atoms with Crippen LogP contribution in [0.3, 0.4) is 0 Å². The maximum absolute atomic E-state index is 13.6. The molecule has 0 aliphatic rings. The fourth-order valence-electron chi connectivity index (χ4n) is 3.52. The predicted molar refractivity (Wildman–Crippen MR) is 120 cm³/mol. The lowest BCUT2D eigenvalue weighted by Gasteiger charge is -2.12. The third kappa shape index (κ3) is 4.83. The highest BCUT2D eigenvalue weighted by Crippen LogP contribution is 2.44. The molecule has 0 atom stereocenters. The molecular weight excluding hydrogens is 555 g/mol. The van der Waals surface area contributed by atoms with E-state index in [4.69, 9.17) is 17.3 Å². The van der Waals surface area contributed by atoms with Crippen molar-refractivity contribution in [2.24, 2.45) is 12.8 Å². The first-order valence-corrected chi connectivity index (χ1v) is 11.0. The minimum atomic E-state index is -4.96. The van der Waals surface area contributed by atoms with Crippen molar-refractivity contribution in [1.82, 2.24) is 14.8 Å². The maximum atomic E-state index is 13.6. The summed E-state index contributed by atoms with van der Waals surface area (Å²) in [6.07, 6.45) is -9.88. The van der Waals surface area contributed by atoms with E-state index < -0.39 is 62.7 Å². The number of carbonyl (C=O) groups is 2. The van der Waals surface area contributed by atoms with E-state index in [1.807, 2.05) is 0 Å². The number of fused-ring (bicyclic) bond motifs is 1. The lowest BCUT2D eigenvalue weighted by atomic mass is 10.0. The van der Waals surface area contributed by atoms with Gasteiger partial charge in [0.1, 0.15) is 26.2 Å². The van der Waals surface area contributed by atoms with Gasteiger partial charge in [-0.3, -0.25) is 14.3 Å². The Morgan fingerprint density at radius 3 is 2.22 bits per heavy atom. The summed E-state index contributed by atoms with van der Waals surface area (Å²) < 4.78 is 94.3. The summed E-state index contributed by atoms with van der Waals surface area (Å²) in [5, 5.41) is 4.45. The first kappa shape index (κ1) is 26.3. The third-order valence-corrected chi connectivity index (χ3v) is 6.50. The van der Waals surface area contributed by atoms with E-state index in [1.165, 1.54) is 0 Å². The number of benzene rings is 1. The molecule has 0 spiro atoms. The molecule has 194 valence electrons. The van der Waals surface area contributed by atoms with Gasteiger partial charge in [-0.1, -0.05) is 23.7 Å². The van der Waals surface area contributed by atoms with Crippen molar-refractivity contribution in [3.05, 3.63) is 63.1 Å². The number of amides is 2. The molecule has 3 heterocycles. The summed E-state index contributed by atoms with van der Waals surface area (Å²) >= 11 is 6.17. The number of nitrogens with one attached hydrogen (secondary N) is 1. The Morgan fingerprint density at radius 1 is 1.08 bits per heavy atom. The number of alkyl halides is 6. The van der Waals surface area contributed by atoms with E-state index in [0.29, 0.717) is 22.1 Å². The molecule has 7 nitrogen and oxygen atoms in total. The van der Waals surface area contributed by atoms with Crippen LogP contribution in [0.15, 0.2) is 30.3 Å². The summed E-state index contributed by atoms with van der Waals surface area (Å²) in [5.41, 5.74) is 1.15. The van der Waals surface area contributed by atoms with Crippen LogP contribution in [0.1, 0.15) is 31.5 Å². The number of rotatable bonds is 4. The van der Waals surface area contributed by atoms with Crippen LogP contribution in [0, 0.1) is 5.82 Å². The Balaban J connectivity index is 1.96. The summed E-state index contributed by atoms with van der Waals surface area (Å²) in [6, 6.07) is 4.88. The standard InChI is InChI=1S/C21H11ClF7N5O2S/c1-34-16(21(27,28)29)12(22)14(33-34)18(36)32-13-11-9(7-2-4-8(23)5-3-7)6-10(20(24,25)26)31-19(11)37-15(13)17(30)35/h2-6H,1H3,(H2,30,35)(H,32,36). The number of anilines is 1. The Bertz CT molecular complexity index is 1560. The van der Waals surface area contributed by atoms with Crippen molar-refractivity contribution in [2.75, 3.05) is 5.32 Å². The monoisotopic (exact) mass is 565 g/mol. The van der Waals surface area contributed by atoms with Gasteiger partial charge in [-0.05, 0) is 29.3 Å². The van der Waals surface area contributed by atoms with E-state index in [0.717, 1.165) is 31.3 Å². The predicted octanol–water partition coefficient (Wildman–Crippen LogP) is 5.88. The number of nitrogens with two attached hydrogens (primary N) is 1. The molecule has 0 aliphatic carbocycles. The molecule has 4 rings (SSSR count). The fraction of sp³-hybridized carbons (Fsp3) is 0.143. The quantitative estimate of drug-likeness (QED) is 0.302. The topological polar surface area (TPSA) is 103 Å². The Hall–Kier alpha value is -3.72. The highest BCUT2D eigenvalue weighted by molar-refractivity contribution is 7.21. The number of carbonyl (C=O) groups excluding carboxylic acids is 2. The number of thiophene rings is 1. The van der Waals surface area contributed by atoms with Crippen molar-refractivity contribution >= 4 is 50.7 Å². The molecule has 4 aromatic rings. The minimum Gasteiger partial charge on any atom is -0.365 e. The fourth-order valence-corrected chi connectivity index (χ4v) is 4.88. The van der Waals surface area contributed by atoms with Gasteiger partial charge in [0.2, 0.25) is 0 Å².